The van der Waals surface area contributed by atoms with E-state index in [0.717, 1.165) is 123 Å². The molecule has 4 heterocycles. The third kappa shape index (κ3) is 15.9. The van der Waals surface area contributed by atoms with Gasteiger partial charge in [-0.15, -0.1) is 0 Å². The van der Waals surface area contributed by atoms with E-state index in [-0.39, 0.29) is 61.6 Å². The largest absolute Gasteiger partial charge is 0.484 e. The van der Waals surface area contributed by atoms with Crippen LogP contribution in [0, 0.1) is 22.7 Å². The van der Waals surface area contributed by atoms with E-state index in [0.29, 0.717) is 112 Å². The summed E-state index contributed by atoms with van der Waals surface area (Å²) in [5, 5.41) is 45.1. The van der Waals surface area contributed by atoms with Gasteiger partial charge in [0.2, 0.25) is 0 Å². The van der Waals surface area contributed by atoms with E-state index in [4.69, 9.17) is 37.4 Å². The zero-order chi connectivity index (χ0) is 59.1. The smallest absolute Gasteiger partial charge is 0.317 e. The summed E-state index contributed by atoms with van der Waals surface area (Å²) < 4.78 is 19.2. The number of halogens is 2. The maximum Gasteiger partial charge on any atom is 0.317 e. The van der Waals surface area contributed by atoms with Gasteiger partial charge in [-0.2, -0.15) is 10.5 Å². The minimum atomic E-state index is -0.305. The standard InChI is InChI=1S/C62H78Cl2N14O7/c63-47-29-43(37-65)51-35-55(75-23-15-67-16-24-75)57(53(51)33-47)84-49-7-5-41-9-21-77(39-45(41)31-49)61(81)73-13-3-1-11-69-59(79)71-19-27-83-28-20-72-60(80)70-12-2-4-14-74-62(82)78-22-10-42-6-8-50(32-46(42)40-78)85-58-54-34-48(64)30-44(38-66)52(54)36-56(58)76-25-17-68-18-26-76/h5-8,29-34,55-58,67-68H,1-4,9-28,35-36,39-40H2,(H,73,81)(H,74,82)(H2,69,71,79)(H2,70,72,80)/t55-,56-,57-,58-/m0/s1. The number of unbranched alkanes of at least 4 members (excludes halogenated alkanes) is 2. The number of carbonyl (C=O) groups excluding carboxylic acids is 4. The zero-order valence-corrected chi connectivity index (χ0v) is 49.7. The summed E-state index contributed by atoms with van der Waals surface area (Å²) in [7, 11) is 0. The molecule has 0 spiro atoms. The molecule has 21 nitrogen and oxygen atoms in total. The Balaban J connectivity index is 0.539. The average molecular weight is 1200 g/mol. The Labute approximate surface area is 507 Å². The molecule has 4 aliphatic heterocycles. The molecule has 0 radical (unpaired) electrons. The molecule has 8 N–H and O–H groups in total. The number of nitrogens with zero attached hydrogens (tertiary/aromatic N) is 6. The minimum absolute atomic E-state index is 0.0737. The van der Waals surface area contributed by atoms with Crippen LogP contribution < -0.4 is 52.0 Å². The number of piperazine rings is 2. The number of hydrogen-bond donors (Lipinski definition) is 8. The van der Waals surface area contributed by atoms with Crippen LogP contribution in [-0.4, -0.2) is 174 Å². The van der Waals surface area contributed by atoms with Crippen molar-refractivity contribution in [3.8, 4) is 23.6 Å². The number of ether oxygens (including phenoxy) is 3. The highest BCUT2D eigenvalue weighted by molar-refractivity contribution is 6.31. The molecule has 4 aromatic rings. The molecule has 2 fully saturated rings. The monoisotopic (exact) mass is 1200 g/mol. The first-order valence-electron chi connectivity index (χ1n) is 30.1. The summed E-state index contributed by atoms with van der Waals surface area (Å²) in [5.41, 5.74) is 9.59. The summed E-state index contributed by atoms with van der Waals surface area (Å²) in [4.78, 5) is 59.7. The molecule has 2 saturated heterocycles. The first-order chi connectivity index (χ1) is 41.5. The van der Waals surface area contributed by atoms with E-state index in [9.17, 15) is 29.7 Å². The fraction of sp³-hybridized carbons (Fsp3) is 0.516. The lowest BCUT2D eigenvalue weighted by atomic mass is 9.99. The van der Waals surface area contributed by atoms with Gasteiger partial charge in [0.05, 0.1) is 48.6 Å². The van der Waals surface area contributed by atoms with Crippen LogP contribution in [0.15, 0.2) is 60.7 Å². The molecule has 0 unspecified atom stereocenters. The molecule has 4 atom stereocenters. The van der Waals surface area contributed by atoms with Gasteiger partial charge < -0.3 is 66.5 Å². The highest BCUT2D eigenvalue weighted by Gasteiger charge is 2.42. The highest BCUT2D eigenvalue weighted by atomic mass is 35.5. The van der Waals surface area contributed by atoms with E-state index < -0.39 is 0 Å². The van der Waals surface area contributed by atoms with Crippen LogP contribution in [0.2, 0.25) is 10.0 Å². The third-order valence-electron chi connectivity index (χ3n) is 17.0. The third-order valence-corrected chi connectivity index (χ3v) is 17.4. The lowest BCUT2D eigenvalue weighted by molar-refractivity contribution is 0.0692. The van der Waals surface area contributed by atoms with Gasteiger partial charge in [0, 0.05) is 128 Å². The molecule has 452 valence electrons. The number of nitriles is 2. The van der Waals surface area contributed by atoms with Crippen molar-refractivity contribution in [2.45, 2.75) is 88.7 Å². The Hall–Kier alpha value is -7.08. The molecule has 2 aliphatic carbocycles. The summed E-state index contributed by atoms with van der Waals surface area (Å²) in [5.74, 6) is 1.45. The van der Waals surface area contributed by atoms with Crippen molar-refractivity contribution in [3.05, 3.63) is 126 Å². The highest BCUT2D eigenvalue weighted by Crippen LogP contribution is 2.43. The van der Waals surface area contributed by atoms with Gasteiger partial charge in [0.1, 0.15) is 23.7 Å². The van der Waals surface area contributed by atoms with Crippen molar-refractivity contribution in [1.82, 2.24) is 62.1 Å². The fourth-order valence-electron chi connectivity index (χ4n) is 12.6. The summed E-state index contributed by atoms with van der Waals surface area (Å²) in [6, 6.07) is 23.6. The molecule has 85 heavy (non-hydrogen) atoms. The zero-order valence-electron chi connectivity index (χ0n) is 48.2. The maximum absolute atomic E-state index is 13.2. The minimum Gasteiger partial charge on any atom is -0.484 e. The maximum atomic E-state index is 13.2. The van der Waals surface area contributed by atoms with Crippen molar-refractivity contribution in [2.24, 2.45) is 0 Å². The van der Waals surface area contributed by atoms with Gasteiger partial charge in [-0.05, 0) is 144 Å². The Morgan fingerprint density at radius 2 is 0.918 bits per heavy atom. The Bertz CT molecular complexity index is 2910. The molecule has 8 amide bonds. The Morgan fingerprint density at radius 3 is 1.33 bits per heavy atom. The molecule has 0 bridgehead atoms. The molecule has 0 saturated carbocycles. The number of rotatable bonds is 22. The van der Waals surface area contributed by atoms with Gasteiger partial charge >= 0.3 is 24.1 Å². The van der Waals surface area contributed by atoms with Crippen LogP contribution in [0.3, 0.4) is 0 Å². The number of amides is 8. The number of hydrogen-bond acceptors (Lipinski definition) is 13. The lowest BCUT2D eigenvalue weighted by Gasteiger charge is -2.36. The van der Waals surface area contributed by atoms with E-state index in [1.54, 1.807) is 12.1 Å². The van der Waals surface area contributed by atoms with E-state index in [1.165, 1.54) is 11.1 Å². The second kappa shape index (κ2) is 29.8. The first kappa shape index (κ1) is 61.0. The molecule has 4 aromatic carbocycles. The van der Waals surface area contributed by atoms with E-state index in [1.807, 2.05) is 46.2 Å². The van der Waals surface area contributed by atoms with Gasteiger partial charge in [0.25, 0.3) is 0 Å². The van der Waals surface area contributed by atoms with Gasteiger partial charge in [-0.1, -0.05) is 35.3 Å². The second-order valence-electron chi connectivity index (χ2n) is 22.5. The predicted octanol–water partition coefficient (Wildman–Crippen LogP) is 5.65. The predicted molar refractivity (Wildman–Crippen MR) is 323 cm³/mol. The van der Waals surface area contributed by atoms with Crippen molar-refractivity contribution in [2.75, 3.05) is 118 Å². The molecular formula is C62H78Cl2N14O7. The van der Waals surface area contributed by atoms with E-state index >= 15 is 0 Å². The SMILES string of the molecule is N#Cc1cc(Cl)cc2c1C[C@H](N1CCNCC1)[C@H]2Oc1ccc2c(c1)CN(C(=O)NCCCCNC(=O)NCCOCCNC(=O)NCCCCNC(=O)N1CCc3ccc(O[C@H]4c5cc(Cl)cc(C#N)c5C[C@@H]4N4CCNCC4)cc3C1)CC2. The number of urea groups is 4. The normalized spacial score (nSPS) is 19.9. The molecule has 6 aliphatic rings. The van der Waals surface area contributed by atoms with Gasteiger partial charge in [0.15, 0.2) is 0 Å². The van der Waals surface area contributed by atoms with Crippen LogP contribution in [0.25, 0.3) is 0 Å². The van der Waals surface area contributed by atoms with Crippen LogP contribution >= 0.6 is 23.2 Å². The van der Waals surface area contributed by atoms with Crippen molar-refractivity contribution < 1.29 is 33.4 Å². The molecule has 0 aromatic heterocycles. The first-order valence-corrected chi connectivity index (χ1v) is 30.9. The van der Waals surface area contributed by atoms with Crippen LogP contribution in [0.4, 0.5) is 19.2 Å². The summed E-state index contributed by atoms with van der Waals surface area (Å²) in [6.45, 7) is 12.4. The number of nitrogens with one attached hydrogen (secondary N) is 8. The van der Waals surface area contributed by atoms with Crippen LogP contribution in [0.5, 0.6) is 11.5 Å². The molecule has 23 heteroatoms. The fourth-order valence-corrected chi connectivity index (χ4v) is 13.0. The quantitative estimate of drug-likeness (QED) is 0.0444. The molecule has 10 rings (SSSR count). The topological polar surface area (TPSA) is 253 Å². The Kier molecular flexibility index (Phi) is 21.4. The second-order valence-corrected chi connectivity index (χ2v) is 23.4. The van der Waals surface area contributed by atoms with Crippen molar-refractivity contribution >= 4 is 47.3 Å². The lowest BCUT2D eigenvalue weighted by Crippen LogP contribution is -2.50. The Morgan fingerprint density at radius 1 is 0.518 bits per heavy atom. The van der Waals surface area contributed by atoms with Gasteiger partial charge in [-0.3, -0.25) is 9.80 Å². The van der Waals surface area contributed by atoms with E-state index in [2.05, 4.69) is 76.6 Å². The van der Waals surface area contributed by atoms with Crippen molar-refractivity contribution in [1.29, 1.82) is 10.5 Å². The van der Waals surface area contributed by atoms with Crippen molar-refractivity contribution in [3.63, 3.8) is 0 Å². The molecular weight excluding hydrogens is 1120 g/mol. The summed E-state index contributed by atoms with van der Waals surface area (Å²) >= 11 is 13.0. The number of carbonyl (C=O) groups is 4. The van der Waals surface area contributed by atoms with Crippen LogP contribution in [0.1, 0.15) is 93.5 Å². The summed E-state index contributed by atoms with van der Waals surface area (Å²) in [6.07, 6.45) is 5.11. The number of fused-ring (bicyclic) bond motifs is 4. The number of benzene rings is 4. The van der Waals surface area contributed by atoms with Gasteiger partial charge in [-0.25, -0.2) is 19.2 Å². The average Bonchev–Trinajstić information content (AvgIpc) is 2.42. The van der Waals surface area contributed by atoms with Crippen LogP contribution in [-0.2, 0) is 43.5 Å².